The van der Waals surface area contributed by atoms with Gasteiger partial charge in [-0.25, -0.2) is 4.79 Å². The van der Waals surface area contributed by atoms with Gasteiger partial charge in [0.15, 0.2) is 11.5 Å². The Labute approximate surface area is 238 Å². The molecule has 1 aromatic rings. The van der Waals surface area contributed by atoms with Crippen LogP contribution in [-0.2, 0) is 35.0 Å². The first-order valence-electron chi connectivity index (χ1n) is 13.9. The van der Waals surface area contributed by atoms with Crippen molar-refractivity contribution in [3.05, 3.63) is 23.8 Å². The quantitative estimate of drug-likeness (QED) is 0.218. The molecule has 0 radical (unpaired) electrons. The fraction of sp³-hybridized carbons (Fsp3) is 0.667. The highest BCUT2D eigenvalue weighted by Gasteiger charge is 2.22. The molecule has 1 aromatic carbocycles. The molecule has 0 bridgehead atoms. The average molecular weight is 566 g/mol. The van der Waals surface area contributed by atoms with Gasteiger partial charge in [0, 0.05) is 12.8 Å². The lowest BCUT2D eigenvalue weighted by Crippen LogP contribution is -2.36. The predicted molar refractivity (Wildman–Crippen MR) is 150 cm³/mol. The summed E-state index contributed by atoms with van der Waals surface area (Å²) in [6.45, 7) is 15.3. The Morgan fingerprint density at radius 1 is 0.825 bits per heavy atom. The Hall–Kier alpha value is -3.14. The summed E-state index contributed by atoms with van der Waals surface area (Å²) in [5.74, 6) is -0.724. The van der Waals surface area contributed by atoms with Gasteiger partial charge in [-0.2, -0.15) is 0 Å². The van der Waals surface area contributed by atoms with Crippen molar-refractivity contribution in [3.63, 3.8) is 0 Å². The van der Waals surface area contributed by atoms with Gasteiger partial charge < -0.3 is 29.4 Å². The molecule has 0 saturated heterocycles. The SMILES string of the molecule is CC(C)CCC(=O)Oc1ccc(C[C@H](N)C(=O)OC[C@H](C)OC(=O)OCC(C)(C)C)cc1OC(=O)CCC(C)C. The first-order valence-corrected chi connectivity index (χ1v) is 13.9. The number of benzene rings is 1. The molecule has 0 unspecified atom stereocenters. The van der Waals surface area contributed by atoms with Gasteiger partial charge in [-0.1, -0.05) is 54.5 Å². The van der Waals surface area contributed by atoms with E-state index in [-0.39, 0.29) is 49.4 Å². The molecule has 0 heterocycles. The van der Waals surface area contributed by atoms with Crippen LogP contribution >= 0.6 is 0 Å². The van der Waals surface area contributed by atoms with E-state index in [1.165, 1.54) is 12.1 Å². The Morgan fingerprint density at radius 2 is 1.38 bits per heavy atom. The number of hydrogen-bond acceptors (Lipinski definition) is 10. The van der Waals surface area contributed by atoms with Crippen LogP contribution in [0.4, 0.5) is 4.79 Å². The lowest BCUT2D eigenvalue weighted by atomic mass is 9.99. The number of ether oxygens (including phenoxy) is 5. The zero-order chi connectivity index (χ0) is 30.5. The topological polar surface area (TPSA) is 140 Å². The maximum Gasteiger partial charge on any atom is 0.508 e. The Bertz CT molecular complexity index is 982. The third kappa shape index (κ3) is 15.5. The first kappa shape index (κ1) is 34.9. The molecule has 10 heteroatoms. The zero-order valence-corrected chi connectivity index (χ0v) is 25.2. The highest BCUT2D eigenvalue weighted by atomic mass is 16.7. The second-order valence-corrected chi connectivity index (χ2v) is 12.1. The minimum absolute atomic E-state index is 0.0693. The molecule has 2 atom stereocenters. The Kier molecular flexibility index (Phi) is 14.7. The second kappa shape index (κ2) is 16.8. The summed E-state index contributed by atoms with van der Waals surface area (Å²) in [7, 11) is 0. The van der Waals surface area contributed by atoms with Crippen molar-refractivity contribution < 1.29 is 42.9 Å². The zero-order valence-electron chi connectivity index (χ0n) is 25.2. The maximum absolute atomic E-state index is 12.5. The van der Waals surface area contributed by atoms with Crippen LogP contribution < -0.4 is 15.2 Å². The Balaban J connectivity index is 2.80. The normalized spacial score (nSPS) is 13.0. The van der Waals surface area contributed by atoms with Gasteiger partial charge in [0.1, 0.15) is 18.8 Å². The molecule has 10 nitrogen and oxygen atoms in total. The summed E-state index contributed by atoms with van der Waals surface area (Å²) in [5, 5.41) is 0. The second-order valence-electron chi connectivity index (χ2n) is 12.1. The highest BCUT2D eigenvalue weighted by molar-refractivity contribution is 5.77. The molecule has 0 fully saturated rings. The van der Waals surface area contributed by atoms with Crippen molar-refractivity contribution in [1.29, 1.82) is 0 Å². The van der Waals surface area contributed by atoms with Gasteiger partial charge in [0.05, 0.1) is 6.61 Å². The highest BCUT2D eigenvalue weighted by Crippen LogP contribution is 2.30. The van der Waals surface area contributed by atoms with Crippen LogP contribution in [0.3, 0.4) is 0 Å². The van der Waals surface area contributed by atoms with Crippen LogP contribution in [0.2, 0.25) is 0 Å². The summed E-state index contributed by atoms with van der Waals surface area (Å²) >= 11 is 0. The molecule has 0 amide bonds. The number of esters is 3. The smallest absolute Gasteiger partial charge is 0.461 e. The lowest BCUT2D eigenvalue weighted by Gasteiger charge is -2.19. The van der Waals surface area contributed by atoms with Crippen LogP contribution in [0.5, 0.6) is 11.5 Å². The van der Waals surface area contributed by atoms with Crippen molar-refractivity contribution in [1.82, 2.24) is 0 Å². The minimum Gasteiger partial charge on any atom is -0.461 e. The van der Waals surface area contributed by atoms with Gasteiger partial charge in [-0.15, -0.1) is 0 Å². The predicted octanol–water partition coefficient (Wildman–Crippen LogP) is 5.37. The van der Waals surface area contributed by atoms with Crippen molar-refractivity contribution in [2.75, 3.05) is 13.2 Å². The number of carbonyl (C=O) groups is 4. The largest absolute Gasteiger partial charge is 0.508 e. The molecule has 0 saturated carbocycles. The monoisotopic (exact) mass is 565 g/mol. The Morgan fingerprint density at radius 3 is 1.90 bits per heavy atom. The van der Waals surface area contributed by atoms with Gasteiger partial charge in [-0.3, -0.25) is 14.4 Å². The van der Waals surface area contributed by atoms with E-state index in [4.69, 9.17) is 29.4 Å². The van der Waals surface area contributed by atoms with E-state index < -0.39 is 36.2 Å². The molecule has 0 spiro atoms. The summed E-state index contributed by atoms with van der Waals surface area (Å²) in [6.07, 6.45) is 0.244. The van der Waals surface area contributed by atoms with E-state index in [9.17, 15) is 19.2 Å². The molecule has 1 rings (SSSR count). The van der Waals surface area contributed by atoms with Crippen molar-refractivity contribution >= 4 is 24.1 Å². The van der Waals surface area contributed by atoms with Crippen LogP contribution in [0.25, 0.3) is 0 Å². The third-order valence-corrected chi connectivity index (χ3v) is 5.45. The molecule has 0 aliphatic carbocycles. The van der Waals surface area contributed by atoms with Crippen molar-refractivity contribution in [2.24, 2.45) is 23.0 Å². The van der Waals surface area contributed by atoms with E-state index in [2.05, 4.69) is 0 Å². The fourth-order valence-corrected chi connectivity index (χ4v) is 3.16. The minimum atomic E-state index is -1.04. The summed E-state index contributed by atoms with van der Waals surface area (Å²) in [6, 6.07) is 3.65. The standard InChI is InChI=1S/C30H47NO9/c1-19(2)9-13-26(32)39-24-12-11-22(16-25(24)40-27(33)14-10-20(3)4)15-23(31)28(34)36-17-21(5)38-29(35)37-18-30(6,7)8/h11-12,16,19-21,23H,9-10,13-15,17-18,31H2,1-8H3/t21-,23-/m0/s1. The van der Waals surface area contributed by atoms with E-state index in [1.54, 1.807) is 13.0 Å². The van der Waals surface area contributed by atoms with Crippen molar-refractivity contribution in [3.8, 4) is 11.5 Å². The van der Waals surface area contributed by atoms with Crippen LogP contribution in [0, 0.1) is 17.3 Å². The van der Waals surface area contributed by atoms with E-state index in [0.717, 1.165) is 0 Å². The maximum atomic E-state index is 12.5. The first-order chi connectivity index (χ1) is 18.6. The fourth-order valence-electron chi connectivity index (χ4n) is 3.16. The van der Waals surface area contributed by atoms with E-state index >= 15 is 0 Å². The number of rotatable bonds is 15. The van der Waals surface area contributed by atoms with E-state index in [1.807, 2.05) is 48.5 Å². The van der Waals surface area contributed by atoms with Gasteiger partial charge in [0.25, 0.3) is 0 Å². The molecule has 0 aromatic heterocycles. The molecule has 0 aliphatic rings. The van der Waals surface area contributed by atoms with Crippen LogP contribution in [-0.4, -0.2) is 49.4 Å². The van der Waals surface area contributed by atoms with Gasteiger partial charge in [0.2, 0.25) is 0 Å². The summed E-state index contributed by atoms with van der Waals surface area (Å²) in [4.78, 5) is 49.0. The van der Waals surface area contributed by atoms with Gasteiger partial charge >= 0.3 is 24.1 Å². The molecule has 40 heavy (non-hydrogen) atoms. The molecular weight excluding hydrogens is 518 g/mol. The van der Waals surface area contributed by atoms with Crippen LogP contribution in [0.1, 0.15) is 86.6 Å². The van der Waals surface area contributed by atoms with E-state index in [0.29, 0.717) is 30.2 Å². The molecule has 0 aliphatic heterocycles. The van der Waals surface area contributed by atoms with Gasteiger partial charge in [-0.05, 0) is 61.1 Å². The van der Waals surface area contributed by atoms with Crippen molar-refractivity contribution in [2.45, 2.75) is 99.6 Å². The number of hydrogen-bond donors (Lipinski definition) is 1. The number of carbonyl (C=O) groups excluding carboxylic acids is 4. The molecule has 2 N–H and O–H groups in total. The number of nitrogens with two attached hydrogens (primary N) is 1. The molecular formula is C30H47NO9. The molecule has 226 valence electrons. The lowest BCUT2D eigenvalue weighted by molar-refractivity contribution is -0.148. The third-order valence-electron chi connectivity index (χ3n) is 5.45. The summed E-state index contributed by atoms with van der Waals surface area (Å²) < 4.78 is 26.3. The summed E-state index contributed by atoms with van der Waals surface area (Å²) in [5.41, 5.74) is 6.42. The average Bonchev–Trinajstić information content (AvgIpc) is 2.84. The van der Waals surface area contributed by atoms with Crippen LogP contribution in [0.15, 0.2) is 18.2 Å².